The van der Waals surface area contributed by atoms with Gasteiger partial charge in [0.15, 0.2) is 0 Å². The normalized spacial score (nSPS) is 18.6. The second-order valence-electron chi connectivity index (χ2n) is 5.99. The molecule has 1 atom stereocenters. The Morgan fingerprint density at radius 1 is 1.48 bits per heavy atom. The van der Waals surface area contributed by atoms with Crippen molar-refractivity contribution in [2.24, 2.45) is 0 Å². The van der Waals surface area contributed by atoms with Gasteiger partial charge in [0.05, 0.1) is 12.2 Å². The summed E-state index contributed by atoms with van der Waals surface area (Å²) in [4.78, 5) is 14.9. The van der Waals surface area contributed by atoms with Gasteiger partial charge in [-0.05, 0) is 26.8 Å². The lowest BCUT2D eigenvalue weighted by Crippen LogP contribution is -2.41. The highest BCUT2D eigenvalue weighted by Crippen LogP contribution is 2.30. The number of thioether (sulfide) groups is 1. The number of rotatable bonds is 4. The molecule has 0 spiro atoms. The van der Waals surface area contributed by atoms with Crippen LogP contribution >= 0.6 is 11.8 Å². The van der Waals surface area contributed by atoms with Crippen LogP contribution in [0.1, 0.15) is 48.9 Å². The molecule has 1 aliphatic heterocycles. The quantitative estimate of drug-likeness (QED) is 0.863. The highest BCUT2D eigenvalue weighted by Gasteiger charge is 2.31. The average Bonchev–Trinajstić information content (AvgIpc) is 3.23. The van der Waals surface area contributed by atoms with Crippen LogP contribution in [0.2, 0.25) is 0 Å². The summed E-state index contributed by atoms with van der Waals surface area (Å²) in [7, 11) is 0. The maximum absolute atomic E-state index is 12.9. The SMILES string of the molecule is CCn1cc(C2CSCCN2C(=O)c2ccn(C(C)C)n2)cn1. The molecule has 6 nitrogen and oxygen atoms in total. The van der Waals surface area contributed by atoms with Crippen molar-refractivity contribution in [1.29, 1.82) is 0 Å². The van der Waals surface area contributed by atoms with Crippen LogP contribution in [0.3, 0.4) is 0 Å². The first kappa shape index (κ1) is 16.1. The molecule has 1 fully saturated rings. The van der Waals surface area contributed by atoms with Crippen LogP contribution in [0, 0.1) is 0 Å². The summed E-state index contributed by atoms with van der Waals surface area (Å²) >= 11 is 1.88. The summed E-state index contributed by atoms with van der Waals surface area (Å²) < 4.78 is 3.74. The molecule has 0 bridgehead atoms. The number of carbonyl (C=O) groups excluding carboxylic acids is 1. The molecule has 2 aromatic rings. The molecule has 0 N–H and O–H groups in total. The van der Waals surface area contributed by atoms with E-state index in [9.17, 15) is 4.79 Å². The maximum Gasteiger partial charge on any atom is 0.274 e. The van der Waals surface area contributed by atoms with Crippen LogP contribution < -0.4 is 0 Å². The minimum atomic E-state index is 0.0129. The van der Waals surface area contributed by atoms with Crippen LogP contribution in [0.25, 0.3) is 0 Å². The Morgan fingerprint density at radius 2 is 2.30 bits per heavy atom. The average molecular weight is 333 g/mol. The Bertz CT molecular complexity index is 678. The molecule has 0 radical (unpaired) electrons. The molecule has 23 heavy (non-hydrogen) atoms. The van der Waals surface area contributed by atoms with E-state index in [-0.39, 0.29) is 18.0 Å². The van der Waals surface area contributed by atoms with Gasteiger partial charge in [-0.3, -0.25) is 14.2 Å². The summed E-state index contributed by atoms with van der Waals surface area (Å²) in [5, 5.41) is 8.79. The summed E-state index contributed by atoms with van der Waals surface area (Å²) in [5.74, 6) is 1.89. The first-order valence-corrected chi connectivity index (χ1v) is 9.21. The van der Waals surface area contributed by atoms with Crippen molar-refractivity contribution in [2.75, 3.05) is 18.1 Å². The predicted molar refractivity (Wildman–Crippen MR) is 91.6 cm³/mol. The second-order valence-corrected chi connectivity index (χ2v) is 7.14. The lowest BCUT2D eigenvalue weighted by Gasteiger charge is -2.34. The largest absolute Gasteiger partial charge is 0.328 e. The van der Waals surface area contributed by atoms with Gasteiger partial charge in [-0.25, -0.2) is 0 Å². The van der Waals surface area contributed by atoms with E-state index < -0.39 is 0 Å². The second kappa shape index (κ2) is 6.78. The molecule has 0 saturated carbocycles. The van der Waals surface area contributed by atoms with Crippen LogP contribution in [-0.4, -0.2) is 48.4 Å². The molecule has 7 heteroatoms. The lowest BCUT2D eigenvalue weighted by atomic mass is 10.1. The summed E-state index contributed by atoms with van der Waals surface area (Å²) in [6.45, 7) is 7.77. The highest BCUT2D eigenvalue weighted by atomic mass is 32.2. The Morgan fingerprint density at radius 3 is 2.96 bits per heavy atom. The van der Waals surface area contributed by atoms with Crippen molar-refractivity contribution >= 4 is 17.7 Å². The van der Waals surface area contributed by atoms with Gasteiger partial charge in [0.1, 0.15) is 5.69 Å². The Hall–Kier alpha value is -1.76. The van der Waals surface area contributed by atoms with Gasteiger partial charge in [-0.2, -0.15) is 22.0 Å². The van der Waals surface area contributed by atoms with Crippen molar-refractivity contribution in [3.63, 3.8) is 0 Å². The zero-order valence-electron chi connectivity index (χ0n) is 13.8. The van der Waals surface area contributed by atoms with Crippen LogP contribution in [0.5, 0.6) is 0 Å². The molecule has 1 unspecified atom stereocenters. The number of hydrogen-bond donors (Lipinski definition) is 0. The predicted octanol–water partition coefficient (Wildman–Crippen LogP) is 2.61. The van der Waals surface area contributed by atoms with Gasteiger partial charge in [-0.15, -0.1) is 0 Å². The van der Waals surface area contributed by atoms with E-state index in [0.29, 0.717) is 5.69 Å². The molecular formula is C16H23N5OS. The van der Waals surface area contributed by atoms with Crippen molar-refractivity contribution in [3.8, 4) is 0 Å². The van der Waals surface area contributed by atoms with Crippen LogP contribution in [0.15, 0.2) is 24.7 Å². The molecule has 1 saturated heterocycles. The first-order valence-electron chi connectivity index (χ1n) is 8.06. The van der Waals surface area contributed by atoms with Gasteiger partial charge in [0.2, 0.25) is 0 Å². The molecule has 1 amide bonds. The Kier molecular flexibility index (Phi) is 4.75. The number of carbonyl (C=O) groups is 1. The minimum absolute atomic E-state index is 0.0129. The molecule has 1 aliphatic rings. The van der Waals surface area contributed by atoms with Crippen molar-refractivity contribution in [2.45, 2.75) is 39.4 Å². The van der Waals surface area contributed by atoms with E-state index in [1.165, 1.54) is 0 Å². The van der Waals surface area contributed by atoms with E-state index in [1.807, 2.05) is 50.7 Å². The summed E-state index contributed by atoms with van der Waals surface area (Å²) in [5.41, 5.74) is 1.63. The van der Waals surface area contributed by atoms with Gasteiger partial charge in [-0.1, -0.05) is 0 Å². The van der Waals surface area contributed by atoms with E-state index in [4.69, 9.17) is 0 Å². The third-order valence-corrected chi connectivity index (χ3v) is 5.13. The summed E-state index contributed by atoms with van der Waals surface area (Å²) in [6.07, 6.45) is 5.80. The van der Waals surface area contributed by atoms with Crippen LogP contribution in [0.4, 0.5) is 0 Å². The molecular weight excluding hydrogens is 310 g/mol. The van der Waals surface area contributed by atoms with Crippen molar-refractivity contribution in [3.05, 3.63) is 35.9 Å². The standard InChI is InChI=1S/C16H23N5OS/c1-4-19-10-13(9-17-19)15-11-23-8-7-20(15)16(22)14-5-6-21(18-14)12(2)3/h5-6,9-10,12,15H,4,7-8,11H2,1-3H3. The molecule has 3 rings (SSSR count). The molecule has 2 aromatic heterocycles. The molecule has 124 valence electrons. The fourth-order valence-electron chi connectivity index (χ4n) is 2.73. The lowest BCUT2D eigenvalue weighted by molar-refractivity contribution is 0.0694. The Balaban J connectivity index is 1.83. The number of hydrogen-bond acceptors (Lipinski definition) is 4. The van der Waals surface area contributed by atoms with Crippen molar-refractivity contribution < 1.29 is 4.79 Å². The van der Waals surface area contributed by atoms with E-state index >= 15 is 0 Å². The smallest absolute Gasteiger partial charge is 0.274 e. The maximum atomic E-state index is 12.9. The number of aryl methyl sites for hydroxylation is 1. The monoisotopic (exact) mass is 333 g/mol. The fraction of sp³-hybridized carbons (Fsp3) is 0.562. The highest BCUT2D eigenvalue weighted by molar-refractivity contribution is 7.99. The minimum Gasteiger partial charge on any atom is -0.328 e. The van der Waals surface area contributed by atoms with E-state index in [1.54, 1.807) is 0 Å². The van der Waals surface area contributed by atoms with Gasteiger partial charge in [0, 0.05) is 48.6 Å². The van der Waals surface area contributed by atoms with Crippen molar-refractivity contribution in [1.82, 2.24) is 24.5 Å². The Labute approximate surface area is 140 Å². The van der Waals surface area contributed by atoms with E-state index in [0.717, 1.165) is 30.2 Å². The third-order valence-electron chi connectivity index (χ3n) is 4.11. The molecule has 0 aromatic carbocycles. The zero-order valence-corrected chi connectivity index (χ0v) is 14.7. The number of amides is 1. The topological polar surface area (TPSA) is 56.0 Å². The van der Waals surface area contributed by atoms with E-state index in [2.05, 4.69) is 31.0 Å². The van der Waals surface area contributed by atoms with Gasteiger partial charge in [0.25, 0.3) is 5.91 Å². The molecule has 0 aliphatic carbocycles. The van der Waals surface area contributed by atoms with Gasteiger partial charge < -0.3 is 4.90 Å². The number of aromatic nitrogens is 4. The zero-order chi connectivity index (χ0) is 16.4. The van der Waals surface area contributed by atoms with Crippen LogP contribution in [-0.2, 0) is 6.54 Å². The fourth-order valence-corrected chi connectivity index (χ4v) is 3.82. The third kappa shape index (κ3) is 3.29. The summed E-state index contributed by atoms with van der Waals surface area (Å²) in [6, 6.07) is 2.15. The first-order chi connectivity index (χ1) is 11.1. The van der Waals surface area contributed by atoms with Gasteiger partial charge >= 0.3 is 0 Å². The number of nitrogens with zero attached hydrogens (tertiary/aromatic N) is 5. The molecule has 3 heterocycles.